The number of nitrogens with one attached hydrogen (secondary N) is 1. The summed E-state index contributed by atoms with van der Waals surface area (Å²) in [4.78, 5) is 26.6. The summed E-state index contributed by atoms with van der Waals surface area (Å²) in [6.45, 7) is 3.95. The largest absolute Gasteiger partial charge is 0.497 e. The normalized spacial score (nSPS) is 25.9. The highest BCUT2D eigenvalue weighted by molar-refractivity contribution is 5.89. The Hall–Kier alpha value is -2.34. The van der Waals surface area contributed by atoms with Crippen LogP contribution in [0, 0.1) is 18.3 Å². The molecule has 0 aromatic heterocycles. The number of aryl methyl sites for hydroxylation is 1. The molecule has 2 aliphatic heterocycles. The third-order valence-corrected chi connectivity index (χ3v) is 6.60. The molecule has 1 saturated heterocycles. The lowest BCUT2D eigenvalue weighted by Gasteiger charge is -2.38. The van der Waals surface area contributed by atoms with Gasteiger partial charge < -0.3 is 20.1 Å². The summed E-state index contributed by atoms with van der Waals surface area (Å²) < 4.78 is 5.34. The van der Waals surface area contributed by atoms with E-state index in [0.717, 1.165) is 37.1 Å². The van der Waals surface area contributed by atoms with Crippen molar-refractivity contribution in [1.29, 1.82) is 0 Å². The number of rotatable bonds is 4. The monoisotopic (exact) mass is 384 g/mol. The Bertz CT molecular complexity index is 828. The number of carboxylic acids is 1. The van der Waals surface area contributed by atoms with Crippen molar-refractivity contribution in [3.8, 4) is 5.75 Å². The van der Waals surface area contributed by atoms with E-state index >= 15 is 0 Å². The maximum absolute atomic E-state index is 13.1. The molecule has 150 valence electrons. The highest BCUT2D eigenvalue weighted by atomic mass is 16.5. The highest BCUT2D eigenvalue weighted by Crippen LogP contribution is 2.52. The lowest BCUT2D eigenvalue weighted by molar-refractivity contribution is -0.150. The van der Waals surface area contributed by atoms with Gasteiger partial charge in [0.25, 0.3) is 0 Å². The standard InChI is InChI=1S/C22H28N2O4/c1-14-3-4-16(28-2)11-17(14)15-5-9-24(10-6-15)20(25)19-18(21(26)27)12-22(7-8-22)13-23-19/h3-5,11,18-19,23H,6-10,12-13H2,1-2H3,(H,26,27). The smallest absolute Gasteiger partial charge is 0.308 e. The molecular weight excluding hydrogens is 356 g/mol. The summed E-state index contributed by atoms with van der Waals surface area (Å²) in [7, 11) is 1.66. The van der Waals surface area contributed by atoms with Crippen LogP contribution < -0.4 is 10.1 Å². The first-order valence-electron chi connectivity index (χ1n) is 10.0. The first-order chi connectivity index (χ1) is 13.4. The molecule has 1 aromatic rings. The van der Waals surface area contributed by atoms with Crippen LogP contribution in [0.3, 0.4) is 0 Å². The minimum atomic E-state index is -0.864. The highest BCUT2D eigenvalue weighted by Gasteiger charge is 2.52. The second-order valence-electron chi connectivity index (χ2n) is 8.45. The van der Waals surface area contributed by atoms with Crippen LogP contribution in [0.5, 0.6) is 5.75 Å². The lowest BCUT2D eigenvalue weighted by Crippen LogP contribution is -2.57. The number of carboxylic acid groups (broad SMARTS) is 1. The molecule has 2 fully saturated rings. The average molecular weight is 384 g/mol. The number of piperidine rings is 1. The maximum Gasteiger partial charge on any atom is 0.308 e. The predicted molar refractivity (Wildman–Crippen MR) is 106 cm³/mol. The number of carbonyl (C=O) groups excluding carboxylic acids is 1. The van der Waals surface area contributed by atoms with Gasteiger partial charge in [-0.25, -0.2) is 0 Å². The zero-order chi connectivity index (χ0) is 19.9. The van der Waals surface area contributed by atoms with Gasteiger partial charge in [0.15, 0.2) is 0 Å². The fraction of sp³-hybridized carbons (Fsp3) is 0.545. The summed E-state index contributed by atoms with van der Waals surface area (Å²) >= 11 is 0. The number of aliphatic carboxylic acids is 1. The number of benzene rings is 1. The fourth-order valence-electron chi connectivity index (χ4n) is 4.56. The number of nitrogens with zero attached hydrogens (tertiary/aromatic N) is 1. The van der Waals surface area contributed by atoms with E-state index in [-0.39, 0.29) is 11.3 Å². The van der Waals surface area contributed by atoms with Gasteiger partial charge in [-0.15, -0.1) is 0 Å². The molecule has 28 heavy (non-hydrogen) atoms. The third-order valence-electron chi connectivity index (χ3n) is 6.60. The summed E-state index contributed by atoms with van der Waals surface area (Å²) in [6, 6.07) is 5.42. The summed E-state index contributed by atoms with van der Waals surface area (Å²) in [5.41, 5.74) is 3.67. The van der Waals surface area contributed by atoms with Gasteiger partial charge in [-0.3, -0.25) is 9.59 Å². The molecule has 2 atom stereocenters. The van der Waals surface area contributed by atoms with Crippen molar-refractivity contribution >= 4 is 17.4 Å². The number of hydrogen-bond donors (Lipinski definition) is 2. The Balaban J connectivity index is 1.47. The minimum Gasteiger partial charge on any atom is -0.497 e. The Morgan fingerprint density at radius 1 is 1.32 bits per heavy atom. The molecule has 6 heteroatoms. The maximum atomic E-state index is 13.1. The van der Waals surface area contributed by atoms with Crippen molar-refractivity contribution in [2.45, 2.75) is 38.6 Å². The Labute approximate surface area is 165 Å². The molecule has 6 nitrogen and oxygen atoms in total. The summed E-state index contributed by atoms with van der Waals surface area (Å²) in [6.07, 6.45) is 5.60. The van der Waals surface area contributed by atoms with Gasteiger partial charge in [0.2, 0.25) is 5.91 Å². The molecule has 3 aliphatic rings. The van der Waals surface area contributed by atoms with Gasteiger partial charge in [-0.2, -0.15) is 0 Å². The SMILES string of the molecule is COc1ccc(C)c(C2=CCN(C(=O)C3NCC4(CC4)CC3C(=O)O)CC2)c1. The number of methoxy groups -OCH3 is 1. The number of hydrogen-bond acceptors (Lipinski definition) is 4. The van der Waals surface area contributed by atoms with Crippen LogP contribution in [0.15, 0.2) is 24.3 Å². The van der Waals surface area contributed by atoms with Gasteiger partial charge in [-0.1, -0.05) is 12.1 Å². The second kappa shape index (κ2) is 7.24. The Morgan fingerprint density at radius 3 is 2.71 bits per heavy atom. The van der Waals surface area contributed by atoms with Crippen LogP contribution in [-0.2, 0) is 9.59 Å². The molecule has 1 saturated carbocycles. The van der Waals surface area contributed by atoms with Crippen molar-refractivity contribution in [3.05, 3.63) is 35.4 Å². The molecule has 1 amide bonds. The topological polar surface area (TPSA) is 78.9 Å². The van der Waals surface area contributed by atoms with E-state index in [1.807, 2.05) is 18.2 Å². The van der Waals surface area contributed by atoms with Crippen molar-refractivity contribution in [1.82, 2.24) is 10.2 Å². The van der Waals surface area contributed by atoms with Crippen LogP contribution in [0.25, 0.3) is 5.57 Å². The molecule has 2 N–H and O–H groups in total. The van der Waals surface area contributed by atoms with Crippen molar-refractivity contribution in [2.75, 3.05) is 26.7 Å². The van der Waals surface area contributed by atoms with Crippen molar-refractivity contribution in [3.63, 3.8) is 0 Å². The Morgan fingerprint density at radius 2 is 2.11 bits per heavy atom. The van der Waals surface area contributed by atoms with Gasteiger partial charge in [-0.05, 0) is 66.9 Å². The van der Waals surface area contributed by atoms with E-state index in [4.69, 9.17) is 4.74 Å². The van der Waals surface area contributed by atoms with Crippen LogP contribution in [0.1, 0.15) is 36.8 Å². The van der Waals surface area contributed by atoms with E-state index in [1.54, 1.807) is 12.0 Å². The first kappa shape index (κ1) is 19.0. The molecule has 1 aromatic carbocycles. The van der Waals surface area contributed by atoms with Gasteiger partial charge in [0.1, 0.15) is 11.8 Å². The number of amides is 1. The fourth-order valence-corrected chi connectivity index (χ4v) is 4.56. The van der Waals surface area contributed by atoms with E-state index in [9.17, 15) is 14.7 Å². The van der Waals surface area contributed by atoms with E-state index < -0.39 is 17.9 Å². The molecule has 1 aliphatic carbocycles. The molecule has 4 rings (SSSR count). The molecule has 2 unspecified atom stereocenters. The first-order valence-corrected chi connectivity index (χ1v) is 10.0. The van der Waals surface area contributed by atoms with Gasteiger partial charge >= 0.3 is 5.97 Å². The van der Waals surface area contributed by atoms with Crippen LogP contribution in [0.4, 0.5) is 0 Å². The quantitative estimate of drug-likeness (QED) is 0.834. The molecule has 1 spiro atoms. The second-order valence-corrected chi connectivity index (χ2v) is 8.45. The predicted octanol–water partition coefficient (Wildman–Crippen LogP) is 2.46. The molecule has 0 bridgehead atoms. The average Bonchev–Trinajstić information content (AvgIpc) is 3.46. The minimum absolute atomic E-state index is 0.0828. The zero-order valence-electron chi connectivity index (χ0n) is 16.5. The number of carbonyl (C=O) groups is 2. The van der Waals surface area contributed by atoms with Crippen LogP contribution in [0.2, 0.25) is 0 Å². The van der Waals surface area contributed by atoms with Gasteiger partial charge in [0, 0.05) is 19.6 Å². The van der Waals surface area contributed by atoms with Crippen molar-refractivity contribution in [2.24, 2.45) is 11.3 Å². The lowest BCUT2D eigenvalue weighted by atomic mass is 9.81. The van der Waals surface area contributed by atoms with Crippen LogP contribution >= 0.6 is 0 Å². The third kappa shape index (κ3) is 3.53. The van der Waals surface area contributed by atoms with Gasteiger partial charge in [0.05, 0.1) is 13.0 Å². The summed E-state index contributed by atoms with van der Waals surface area (Å²) in [5.74, 6) is -0.753. The molecule has 2 heterocycles. The number of ether oxygens (including phenoxy) is 1. The Kier molecular flexibility index (Phi) is 4.91. The van der Waals surface area contributed by atoms with E-state index in [0.29, 0.717) is 19.5 Å². The molecular formula is C22H28N2O4. The van der Waals surface area contributed by atoms with E-state index in [2.05, 4.69) is 18.3 Å². The van der Waals surface area contributed by atoms with Crippen molar-refractivity contribution < 1.29 is 19.4 Å². The van der Waals surface area contributed by atoms with Crippen LogP contribution in [-0.4, -0.2) is 54.7 Å². The summed E-state index contributed by atoms with van der Waals surface area (Å²) in [5, 5.41) is 12.9. The molecule has 0 radical (unpaired) electrons. The van der Waals surface area contributed by atoms with E-state index in [1.165, 1.54) is 11.1 Å². The zero-order valence-corrected chi connectivity index (χ0v) is 16.5.